The molecule has 0 unspecified atom stereocenters. The Morgan fingerprint density at radius 1 is 0.889 bits per heavy atom. The maximum absolute atomic E-state index is 14.5. The van der Waals surface area contributed by atoms with E-state index in [0.717, 1.165) is 28.8 Å². The molecule has 3 aliphatic rings. The summed E-state index contributed by atoms with van der Waals surface area (Å²) >= 11 is 7.63. The van der Waals surface area contributed by atoms with Gasteiger partial charge < -0.3 is 9.64 Å². The zero-order valence-corrected chi connectivity index (χ0v) is 22.2. The van der Waals surface area contributed by atoms with Crippen LogP contribution in [-0.4, -0.2) is 30.2 Å². The lowest BCUT2D eigenvalue weighted by atomic mass is 9.65. The summed E-state index contributed by atoms with van der Waals surface area (Å²) in [5.74, 6) is 0.811. The van der Waals surface area contributed by atoms with Gasteiger partial charge in [0.2, 0.25) is 10.8 Å². The van der Waals surface area contributed by atoms with Crippen LogP contribution in [0.5, 0.6) is 5.75 Å². The minimum atomic E-state index is -1.14. The van der Waals surface area contributed by atoms with Crippen molar-refractivity contribution < 1.29 is 14.3 Å². The Kier molecular flexibility index (Phi) is 5.06. The lowest BCUT2D eigenvalue weighted by Gasteiger charge is -2.50. The maximum Gasteiger partial charge on any atom is 0.269 e. The number of ether oxygens (including phenoxy) is 1. The largest absolute Gasteiger partial charge is 0.497 e. The second-order valence-electron chi connectivity index (χ2n) is 10.5. The van der Waals surface area contributed by atoms with Crippen molar-refractivity contribution in [3.8, 4) is 5.75 Å². The summed E-state index contributed by atoms with van der Waals surface area (Å²) < 4.78 is 5.32. The Balaban J connectivity index is 1.59. The normalized spacial score (nSPS) is 26.0. The summed E-state index contributed by atoms with van der Waals surface area (Å²) in [4.78, 5) is 30.4. The molecule has 7 heteroatoms. The average Bonchev–Trinajstić information content (AvgIpc) is 3.33. The molecule has 1 spiro atoms. The van der Waals surface area contributed by atoms with Gasteiger partial charge in [-0.2, -0.15) is 0 Å². The van der Waals surface area contributed by atoms with E-state index in [4.69, 9.17) is 16.3 Å². The van der Waals surface area contributed by atoms with E-state index >= 15 is 0 Å². The number of methoxy groups -OCH3 is 1. The van der Waals surface area contributed by atoms with Crippen LogP contribution < -0.4 is 14.5 Å². The number of nitrogens with zero attached hydrogens (tertiary/aromatic N) is 2. The Bertz CT molecular complexity index is 1410. The van der Waals surface area contributed by atoms with Crippen molar-refractivity contribution in [2.45, 2.75) is 43.0 Å². The molecule has 2 atom stereocenters. The summed E-state index contributed by atoms with van der Waals surface area (Å²) in [6.45, 7) is 6.49. The first kappa shape index (κ1) is 23.4. The molecule has 0 bridgehead atoms. The van der Waals surface area contributed by atoms with Crippen molar-refractivity contribution >= 4 is 46.6 Å². The Hall–Kier alpha value is -2.96. The molecule has 3 aromatic carbocycles. The van der Waals surface area contributed by atoms with Crippen LogP contribution in [-0.2, 0) is 19.9 Å². The van der Waals surface area contributed by atoms with Crippen LogP contribution in [0.4, 0.5) is 11.4 Å². The van der Waals surface area contributed by atoms with E-state index < -0.39 is 10.4 Å². The van der Waals surface area contributed by atoms with Gasteiger partial charge in [-0.1, -0.05) is 48.9 Å². The van der Waals surface area contributed by atoms with Crippen molar-refractivity contribution in [1.29, 1.82) is 0 Å². The van der Waals surface area contributed by atoms with Gasteiger partial charge in [0, 0.05) is 27.2 Å². The zero-order chi connectivity index (χ0) is 25.5. The lowest BCUT2D eigenvalue weighted by molar-refractivity contribution is -0.124. The van der Waals surface area contributed by atoms with E-state index in [1.165, 1.54) is 11.8 Å². The molecule has 3 aliphatic heterocycles. The number of anilines is 2. The fraction of sp³-hybridized carbons (Fsp3) is 0.310. The first-order valence-corrected chi connectivity index (χ1v) is 13.4. The van der Waals surface area contributed by atoms with E-state index in [9.17, 15) is 9.59 Å². The number of carbonyl (C=O) groups excluding carboxylic acids is 2. The highest BCUT2D eigenvalue weighted by Gasteiger charge is 2.65. The molecule has 0 aliphatic carbocycles. The molecular formula is C29H27ClN2O3S. The standard InChI is InChI=1S/C29H27ClN2O3S/c1-27(2)17-28(3,18-8-10-19(30)11-9-18)22-6-5-7-23-25(22)32(27)26(34)29(23)31(24(33)16-36-29)20-12-14-21(35-4)15-13-20/h5-15H,16-17H2,1-4H3/t28-,29+/m0/s1. The summed E-state index contributed by atoms with van der Waals surface area (Å²) in [5, 5.41) is 0.697. The van der Waals surface area contributed by atoms with E-state index in [-0.39, 0.29) is 23.0 Å². The molecule has 0 saturated carbocycles. The number of hydrogen-bond donors (Lipinski definition) is 0. The number of amides is 2. The van der Waals surface area contributed by atoms with Crippen LogP contribution in [0.1, 0.15) is 43.9 Å². The van der Waals surface area contributed by atoms with Gasteiger partial charge in [0.1, 0.15) is 5.75 Å². The van der Waals surface area contributed by atoms with Crippen molar-refractivity contribution in [3.63, 3.8) is 0 Å². The van der Waals surface area contributed by atoms with Crippen LogP contribution in [0.2, 0.25) is 5.02 Å². The van der Waals surface area contributed by atoms with Gasteiger partial charge in [-0.15, -0.1) is 11.8 Å². The summed E-state index contributed by atoms with van der Waals surface area (Å²) in [5.41, 5.74) is 3.94. The first-order chi connectivity index (χ1) is 17.1. The third-order valence-corrected chi connectivity index (χ3v) is 9.52. The molecule has 3 heterocycles. The van der Waals surface area contributed by atoms with Crippen LogP contribution in [0.3, 0.4) is 0 Å². The van der Waals surface area contributed by atoms with Crippen LogP contribution >= 0.6 is 23.4 Å². The average molecular weight is 519 g/mol. The van der Waals surface area contributed by atoms with Crippen LogP contribution in [0.15, 0.2) is 66.7 Å². The van der Waals surface area contributed by atoms with Crippen LogP contribution in [0.25, 0.3) is 0 Å². The molecule has 1 saturated heterocycles. The van der Waals surface area contributed by atoms with Gasteiger partial charge >= 0.3 is 0 Å². The monoisotopic (exact) mass is 518 g/mol. The predicted molar refractivity (Wildman–Crippen MR) is 145 cm³/mol. The number of halogens is 1. The number of thioether (sulfide) groups is 1. The Labute approximate surface area is 220 Å². The first-order valence-electron chi connectivity index (χ1n) is 12.0. The topological polar surface area (TPSA) is 49.9 Å². The second-order valence-corrected chi connectivity index (χ2v) is 12.1. The molecule has 6 rings (SSSR count). The number of hydrogen-bond acceptors (Lipinski definition) is 4. The molecule has 3 aromatic rings. The highest BCUT2D eigenvalue weighted by molar-refractivity contribution is 8.02. The van der Waals surface area contributed by atoms with Gasteiger partial charge in [0.25, 0.3) is 5.91 Å². The van der Waals surface area contributed by atoms with E-state index in [0.29, 0.717) is 16.5 Å². The van der Waals surface area contributed by atoms with Crippen molar-refractivity contribution in [2.75, 3.05) is 22.7 Å². The van der Waals surface area contributed by atoms with E-state index in [1.807, 2.05) is 53.4 Å². The zero-order valence-electron chi connectivity index (χ0n) is 20.7. The number of carbonyl (C=O) groups is 2. The van der Waals surface area contributed by atoms with Crippen LogP contribution in [0, 0.1) is 0 Å². The maximum atomic E-state index is 14.5. The third-order valence-electron chi connectivity index (χ3n) is 7.88. The summed E-state index contributed by atoms with van der Waals surface area (Å²) in [7, 11) is 1.61. The molecule has 184 valence electrons. The molecule has 0 N–H and O–H groups in total. The summed E-state index contributed by atoms with van der Waals surface area (Å²) in [6, 6.07) is 21.5. The van der Waals surface area contributed by atoms with E-state index in [1.54, 1.807) is 12.0 Å². The van der Waals surface area contributed by atoms with Gasteiger partial charge in [-0.05, 0) is 67.8 Å². The van der Waals surface area contributed by atoms with Crippen molar-refractivity contribution in [2.24, 2.45) is 0 Å². The minimum Gasteiger partial charge on any atom is -0.497 e. The molecule has 0 radical (unpaired) electrons. The quantitative estimate of drug-likeness (QED) is 0.419. The highest BCUT2D eigenvalue weighted by atomic mass is 35.5. The molecule has 36 heavy (non-hydrogen) atoms. The van der Waals surface area contributed by atoms with Gasteiger partial charge in [-0.3, -0.25) is 14.5 Å². The number of fused-ring (bicyclic) bond motifs is 1. The Morgan fingerprint density at radius 3 is 2.22 bits per heavy atom. The minimum absolute atomic E-state index is 0.0558. The predicted octanol–water partition coefficient (Wildman–Crippen LogP) is 6.12. The summed E-state index contributed by atoms with van der Waals surface area (Å²) in [6.07, 6.45) is 0.737. The molecular weight excluding hydrogens is 492 g/mol. The van der Waals surface area contributed by atoms with E-state index in [2.05, 4.69) is 39.0 Å². The molecule has 0 aromatic heterocycles. The Morgan fingerprint density at radius 2 is 1.56 bits per heavy atom. The second kappa shape index (κ2) is 7.77. The smallest absolute Gasteiger partial charge is 0.269 e. The molecule has 1 fully saturated rings. The van der Waals surface area contributed by atoms with Crippen molar-refractivity contribution in [1.82, 2.24) is 0 Å². The SMILES string of the molecule is COc1ccc(N2C(=O)CS[C@]23C(=O)N2c4c(cccc43)[C@](C)(c3ccc(Cl)cc3)CC2(C)C)cc1. The molecule has 2 amide bonds. The fourth-order valence-corrected chi connectivity index (χ4v) is 7.91. The van der Waals surface area contributed by atoms with Crippen molar-refractivity contribution in [3.05, 3.63) is 88.4 Å². The highest BCUT2D eigenvalue weighted by Crippen LogP contribution is 2.62. The van der Waals surface area contributed by atoms with Gasteiger partial charge in [0.15, 0.2) is 0 Å². The van der Waals surface area contributed by atoms with Gasteiger partial charge in [-0.25, -0.2) is 0 Å². The number of rotatable bonds is 3. The van der Waals surface area contributed by atoms with Gasteiger partial charge in [0.05, 0.1) is 18.6 Å². The number of para-hydroxylation sites is 1. The molecule has 5 nitrogen and oxygen atoms in total. The number of benzene rings is 3. The lowest BCUT2D eigenvalue weighted by Crippen LogP contribution is -2.58. The fourth-order valence-electron chi connectivity index (χ4n) is 6.45. The third kappa shape index (κ3) is 2.97.